The number of aliphatic hydroxyl groups excluding tert-OH is 1. The highest BCUT2D eigenvalue weighted by atomic mass is 16.5. The molecule has 112 valence electrons. The second kappa shape index (κ2) is 6.59. The standard InChI is InChI=1S/C17H27NO2/c1-12(2)9-10-18(3)16-8-5-13-11-14(20-4)6-7-15(13)17(16)19/h6-7,11-12,16-17,19H,5,8-10H2,1-4H3. The molecular formula is C17H27NO2. The monoisotopic (exact) mass is 277 g/mol. The van der Waals surface area contributed by atoms with Crippen molar-refractivity contribution in [1.82, 2.24) is 4.90 Å². The Morgan fingerprint density at radius 2 is 2.15 bits per heavy atom. The zero-order valence-corrected chi connectivity index (χ0v) is 13.1. The van der Waals surface area contributed by atoms with E-state index < -0.39 is 0 Å². The largest absolute Gasteiger partial charge is 0.497 e. The molecule has 1 aliphatic carbocycles. The molecule has 0 spiro atoms. The van der Waals surface area contributed by atoms with Gasteiger partial charge in [-0.05, 0) is 62.0 Å². The van der Waals surface area contributed by atoms with Gasteiger partial charge in [-0.3, -0.25) is 0 Å². The fraction of sp³-hybridized carbons (Fsp3) is 0.647. The van der Waals surface area contributed by atoms with E-state index in [1.54, 1.807) is 7.11 Å². The number of nitrogens with zero attached hydrogens (tertiary/aromatic N) is 1. The Morgan fingerprint density at radius 3 is 2.80 bits per heavy atom. The van der Waals surface area contributed by atoms with Crippen molar-refractivity contribution >= 4 is 0 Å². The number of fused-ring (bicyclic) bond motifs is 1. The smallest absolute Gasteiger partial charge is 0.119 e. The molecule has 0 radical (unpaired) electrons. The molecule has 2 unspecified atom stereocenters. The third-order valence-corrected chi connectivity index (χ3v) is 4.37. The van der Waals surface area contributed by atoms with Gasteiger partial charge in [0.25, 0.3) is 0 Å². The van der Waals surface area contributed by atoms with Crippen LogP contribution in [0, 0.1) is 5.92 Å². The molecule has 20 heavy (non-hydrogen) atoms. The first kappa shape index (κ1) is 15.3. The van der Waals surface area contributed by atoms with Crippen LogP contribution < -0.4 is 4.74 Å². The summed E-state index contributed by atoms with van der Waals surface area (Å²) in [5.41, 5.74) is 2.30. The Balaban J connectivity index is 2.09. The lowest BCUT2D eigenvalue weighted by Gasteiger charge is -2.37. The summed E-state index contributed by atoms with van der Waals surface area (Å²) in [4.78, 5) is 2.32. The molecule has 2 rings (SSSR count). The van der Waals surface area contributed by atoms with Gasteiger partial charge in [-0.2, -0.15) is 0 Å². The van der Waals surface area contributed by atoms with Gasteiger partial charge in [0.1, 0.15) is 5.75 Å². The zero-order chi connectivity index (χ0) is 14.7. The second-order valence-corrected chi connectivity index (χ2v) is 6.28. The number of likely N-dealkylation sites (N-methyl/N-ethyl adjacent to an activating group) is 1. The van der Waals surface area contributed by atoms with Crippen molar-refractivity contribution < 1.29 is 9.84 Å². The lowest BCUT2D eigenvalue weighted by molar-refractivity contribution is 0.0478. The molecular weight excluding hydrogens is 250 g/mol. The van der Waals surface area contributed by atoms with Crippen molar-refractivity contribution in [2.24, 2.45) is 5.92 Å². The predicted octanol–water partition coefficient (Wildman–Crippen LogP) is 3.02. The summed E-state index contributed by atoms with van der Waals surface area (Å²) in [6.07, 6.45) is 2.81. The zero-order valence-electron chi connectivity index (χ0n) is 13.1. The van der Waals surface area contributed by atoms with Gasteiger partial charge in [0.05, 0.1) is 13.2 Å². The Hall–Kier alpha value is -1.06. The number of aryl methyl sites for hydroxylation is 1. The van der Waals surface area contributed by atoms with E-state index in [1.807, 2.05) is 12.1 Å². The summed E-state index contributed by atoms with van der Waals surface area (Å²) < 4.78 is 5.26. The molecule has 0 amide bonds. The molecule has 0 fully saturated rings. The van der Waals surface area contributed by atoms with Crippen molar-refractivity contribution in [3.8, 4) is 5.75 Å². The highest BCUT2D eigenvalue weighted by Crippen LogP contribution is 2.34. The molecule has 1 N–H and O–H groups in total. The molecule has 0 bridgehead atoms. The maximum absolute atomic E-state index is 10.6. The van der Waals surface area contributed by atoms with E-state index in [1.165, 1.54) is 12.0 Å². The summed E-state index contributed by atoms with van der Waals surface area (Å²) in [7, 11) is 3.81. The number of hydrogen-bond acceptors (Lipinski definition) is 3. The van der Waals surface area contributed by atoms with E-state index in [4.69, 9.17) is 4.74 Å². The van der Waals surface area contributed by atoms with Gasteiger partial charge in [-0.15, -0.1) is 0 Å². The molecule has 0 aromatic heterocycles. The number of methoxy groups -OCH3 is 1. The quantitative estimate of drug-likeness (QED) is 0.898. The van der Waals surface area contributed by atoms with Crippen LogP contribution >= 0.6 is 0 Å². The average Bonchev–Trinajstić information content (AvgIpc) is 2.44. The summed E-state index contributed by atoms with van der Waals surface area (Å²) >= 11 is 0. The number of rotatable bonds is 5. The molecule has 0 saturated heterocycles. The Labute approximate surface area is 122 Å². The molecule has 1 aromatic carbocycles. The van der Waals surface area contributed by atoms with E-state index in [9.17, 15) is 5.11 Å². The Bertz CT molecular complexity index is 445. The Morgan fingerprint density at radius 1 is 1.40 bits per heavy atom. The van der Waals surface area contributed by atoms with Crippen molar-refractivity contribution in [3.63, 3.8) is 0 Å². The van der Waals surface area contributed by atoms with Gasteiger partial charge < -0.3 is 14.7 Å². The fourth-order valence-electron chi connectivity index (χ4n) is 2.97. The first-order chi connectivity index (χ1) is 9.52. The average molecular weight is 277 g/mol. The SMILES string of the molecule is COc1ccc2c(c1)CCC(N(C)CCC(C)C)C2O. The summed E-state index contributed by atoms with van der Waals surface area (Å²) in [5.74, 6) is 1.58. The van der Waals surface area contributed by atoms with Crippen LogP contribution in [0.25, 0.3) is 0 Å². The molecule has 3 heteroatoms. The lowest BCUT2D eigenvalue weighted by Crippen LogP contribution is -2.40. The molecule has 2 atom stereocenters. The minimum Gasteiger partial charge on any atom is -0.497 e. The van der Waals surface area contributed by atoms with Gasteiger partial charge in [-0.25, -0.2) is 0 Å². The molecule has 3 nitrogen and oxygen atoms in total. The van der Waals surface area contributed by atoms with Crippen LogP contribution in [-0.4, -0.2) is 36.8 Å². The normalized spacial score (nSPS) is 22.1. The first-order valence-corrected chi connectivity index (χ1v) is 7.58. The van der Waals surface area contributed by atoms with Crippen LogP contribution in [0.15, 0.2) is 18.2 Å². The van der Waals surface area contributed by atoms with Gasteiger partial charge >= 0.3 is 0 Å². The number of benzene rings is 1. The molecule has 0 aliphatic heterocycles. The van der Waals surface area contributed by atoms with Gasteiger partial charge in [0.15, 0.2) is 0 Å². The summed E-state index contributed by atoms with van der Waals surface area (Å²) in [6, 6.07) is 6.25. The summed E-state index contributed by atoms with van der Waals surface area (Å²) in [5, 5.41) is 10.6. The summed E-state index contributed by atoms with van der Waals surface area (Å²) in [6.45, 7) is 5.53. The molecule has 1 aliphatic rings. The molecule has 1 aromatic rings. The van der Waals surface area contributed by atoms with E-state index in [2.05, 4.69) is 31.9 Å². The first-order valence-electron chi connectivity index (χ1n) is 7.58. The van der Waals surface area contributed by atoms with E-state index in [0.717, 1.165) is 30.7 Å². The maximum Gasteiger partial charge on any atom is 0.119 e. The van der Waals surface area contributed by atoms with Crippen LogP contribution in [0.2, 0.25) is 0 Å². The van der Waals surface area contributed by atoms with Crippen LogP contribution in [0.1, 0.15) is 43.9 Å². The molecule has 0 heterocycles. The minimum absolute atomic E-state index is 0.231. The van der Waals surface area contributed by atoms with E-state index >= 15 is 0 Å². The highest BCUT2D eigenvalue weighted by Gasteiger charge is 2.30. The van der Waals surface area contributed by atoms with Crippen LogP contribution in [0.4, 0.5) is 0 Å². The molecule has 0 saturated carbocycles. The van der Waals surface area contributed by atoms with E-state index in [-0.39, 0.29) is 12.1 Å². The minimum atomic E-state index is -0.387. The van der Waals surface area contributed by atoms with Crippen molar-refractivity contribution in [2.45, 2.75) is 45.3 Å². The van der Waals surface area contributed by atoms with Crippen molar-refractivity contribution in [1.29, 1.82) is 0 Å². The van der Waals surface area contributed by atoms with Crippen molar-refractivity contribution in [3.05, 3.63) is 29.3 Å². The lowest BCUT2D eigenvalue weighted by atomic mass is 9.85. The van der Waals surface area contributed by atoms with Gasteiger partial charge in [0, 0.05) is 6.04 Å². The fourth-order valence-corrected chi connectivity index (χ4v) is 2.97. The second-order valence-electron chi connectivity index (χ2n) is 6.28. The van der Waals surface area contributed by atoms with Crippen LogP contribution in [0.5, 0.6) is 5.75 Å². The van der Waals surface area contributed by atoms with E-state index in [0.29, 0.717) is 5.92 Å². The number of ether oxygens (including phenoxy) is 1. The van der Waals surface area contributed by atoms with Gasteiger partial charge in [0.2, 0.25) is 0 Å². The van der Waals surface area contributed by atoms with Gasteiger partial charge in [-0.1, -0.05) is 19.9 Å². The topological polar surface area (TPSA) is 32.7 Å². The maximum atomic E-state index is 10.6. The predicted molar refractivity (Wildman–Crippen MR) is 82.1 cm³/mol. The van der Waals surface area contributed by atoms with Crippen LogP contribution in [0.3, 0.4) is 0 Å². The third-order valence-electron chi connectivity index (χ3n) is 4.37. The van der Waals surface area contributed by atoms with Crippen molar-refractivity contribution in [2.75, 3.05) is 20.7 Å². The number of aliphatic hydroxyl groups is 1. The number of hydrogen-bond donors (Lipinski definition) is 1. The van der Waals surface area contributed by atoms with Crippen LogP contribution in [-0.2, 0) is 6.42 Å². The Kier molecular flexibility index (Phi) is 5.06. The highest BCUT2D eigenvalue weighted by molar-refractivity contribution is 5.39. The third kappa shape index (κ3) is 3.33.